The number of carboxylic acids is 1. The van der Waals surface area contributed by atoms with Crippen LogP contribution in [0.15, 0.2) is 42.5 Å². The summed E-state index contributed by atoms with van der Waals surface area (Å²) in [5.74, 6) is -1.04. The van der Waals surface area contributed by atoms with E-state index in [1.54, 1.807) is 36.4 Å². The molecule has 0 saturated heterocycles. The number of rotatable bonds is 5. The smallest absolute Gasteiger partial charge is 0.346 e. The maximum atomic E-state index is 11.5. The summed E-state index contributed by atoms with van der Waals surface area (Å²) in [7, 11) is 0. The van der Waals surface area contributed by atoms with Gasteiger partial charge in [-0.25, -0.2) is 4.79 Å². The van der Waals surface area contributed by atoms with Crippen LogP contribution in [0.1, 0.15) is 25.6 Å². The van der Waals surface area contributed by atoms with Gasteiger partial charge in [-0.15, -0.1) is 11.3 Å². The molecule has 0 aliphatic carbocycles. The number of benzene rings is 2. The molecule has 0 radical (unpaired) electrons. The molecule has 1 aromatic heterocycles. The predicted octanol–water partition coefficient (Wildman–Crippen LogP) is 3.93. The van der Waals surface area contributed by atoms with Crippen LogP contribution in [0.2, 0.25) is 5.02 Å². The fourth-order valence-electron chi connectivity index (χ4n) is 2.35. The monoisotopic (exact) mass is 361 g/mol. The number of thiophene rings is 1. The van der Waals surface area contributed by atoms with E-state index in [1.165, 1.54) is 0 Å². The van der Waals surface area contributed by atoms with Gasteiger partial charge < -0.3 is 15.6 Å². The second kappa shape index (κ2) is 6.51. The molecule has 0 spiro atoms. The Morgan fingerprint density at radius 3 is 2.50 bits per heavy atom. The lowest BCUT2D eigenvalue weighted by atomic mass is 10.1. The van der Waals surface area contributed by atoms with Gasteiger partial charge in [-0.3, -0.25) is 4.79 Å². The highest BCUT2D eigenvalue weighted by Gasteiger charge is 2.20. The normalized spacial score (nSPS) is 10.7. The van der Waals surface area contributed by atoms with Crippen molar-refractivity contribution in [2.24, 2.45) is 5.73 Å². The number of carboxylic acid groups (broad SMARTS) is 1. The fourth-order valence-corrected chi connectivity index (χ4v) is 3.77. The van der Waals surface area contributed by atoms with E-state index in [1.807, 2.05) is 6.07 Å². The lowest BCUT2D eigenvalue weighted by Crippen LogP contribution is -2.10. The maximum absolute atomic E-state index is 11.5. The average Bonchev–Trinajstić information content (AvgIpc) is 2.93. The third kappa shape index (κ3) is 3.06. The molecule has 7 heteroatoms. The first-order chi connectivity index (χ1) is 11.5. The Bertz CT molecular complexity index is 934. The fraction of sp³-hybridized carbons (Fsp3) is 0.0588. The predicted molar refractivity (Wildman–Crippen MR) is 93.1 cm³/mol. The lowest BCUT2D eigenvalue weighted by Gasteiger charge is -2.08. The number of nitrogens with two attached hydrogens (primary N) is 1. The van der Waals surface area contributed by atoms with Gasteiger partial charge in [0.15, 0.2) is 0 Å². The van der Waals surface area contributed by atoms with Gasteiger partial charge in [0.2, 0.25) is 5.91 Å². The zero-order chi connectivity index (χ0) is 17.3. The standard InChI is InChI=1S/C17H12ClNO4S/c18-12-2-1-3-13-14(12)11(15(24-13)17(21)22)8-23-10-6-4-9(5-7-10)16(19)20/h1-7H,8H2,(H2,19,20)(H,21,22). The number of carbonyl (C=O) groups excluding carboxylic acids is 1. The molecule has 2 aromatic carbocycles. The zero-order valence-corrected chi connectivity index (χ0v) is 13.9. The van der Waals surface area contributed by atoms with Gasteiger partial charge in [0.05, 0.1) is 0 Å². The van der Waals surface area contributed by atoms with Crippen molar-refractivity contribution >= 4 is 44.9 Å². The molecule has 0 aliphatic heterocycles. The molecule has 24 heavy (non-hydrogen) atoms. The molecule has 0 aliphatic rings. The Morgan fingerprint density at radius 2 is 1.88 bits per heavy atom. The van der Waals surface area contributed by atoms with Crippen LogP contribution in [0.5, 0.6) is 5.75 Å². The minimum atomic E-state index is -1.02. The van der Waals surface area contributed by atoms with Gasteiger partial charge in [0, 0.05) is 26.2 Å². The Hall–Kier alpha value is -2.57. The van der Waals surface area contributed by atoms with Crippen molar-refractivity contribution in [1.29, 1.82) is 0 Å². The third-order valence-corrected chi connectivity index (χ3v) is 4.98. The molecule has 0 saturated carbocycles. The van der Waals surface area contributed by atoms with E-state index in [0.29, 0.717) is 27.3 Å². The van der Waals surface area contributed by atoms with Crippen molar-refractivity contribution in [3.63, 3.8) is 0 Å². The van der Waals surface area contributed by atoms with E-state index < -0.39 is 11.9 Å². The highest BCUT2D eigenvalue weighted by Crippen LogP contribution is 2.36. The van der Waals surface area contributed by atoms with Crippen LogP contribution in [0.4, 0.5) is 0 Å². The first kappa shape index (κ1) is 16.3. The summed E-state index contributed by atoms with van der Waals surface area (Å²) >= 11 is 7.39. The van der Waals surface area contributed by atoms with Gasteiger partial charge in [0.1, 0.15) is 17.2 Å². The number of fused-ring (bicyclic) bond motifs is 1. The first-order valence-electron chi connectivity index (χ1n) is 6.93. The van der Waals surface area contributed by atoms with Crippen molar-refractivity contribution in [1.82, 2.24) is 0 Å². The van der Waals surface area contributed by atoms with E-state index in [2.05, 4.69) is 0 Å². The Balaban J connectivity index is 1.93. The molecule has 3 aromatic rings. The highest BCUT2D eigenvalue weighted by molar-refractivity contribution is 7.21. The summed E-state index contributed by atoms with van der Waals surface area (Å²) in [5.41, 5.74) is 6.10. The number of ether oxygens (including phenoxy) is 1. The van der Waals surface area contributed by atoms with Gasteiger partial charge in [-0.1, -0.05) is 17.7 Å². The van der Waals surface area contributed by atoms with Gasteiger partial charge >= 0.3 is 5.97 Å². The quantitative estimate of drug-likeness (QED) is 0.720. The van der Waals surface area contributed by atoms with Crippen LogP contribution in [0.25, 0.3) is 10.1 Å². The Morgan fingerprint density at radius 1 is 1.17 bits per heavy atom. The van der Waals surface area contributed by atoms with Crippen LogP contribution in [-0.2, 0) is 6.61 Å². The molecule has 0 atom stereocenters. The number of amides is 1. The molecule has 3 rings (SSSR count). The van der Waals surface area contributed by atoms with Crippen LogP contribution in [0, 0.1) is 0 Å². The van der Waals surface area contributed by atoms with Gasteiger partial charge in [0.25, 0.3) is 0 Å². The van der Waals surface area contributed by atoms with Crippen molar-refractivity contribution < 1.29 is 19.4 Å². The van der Waals surface area contributed by atoms with Crippen LogP contribution in [-0.4, -0.2) is 17.0 Å². The Kier molecular flexibility index (Phi) is 4.42. The third-order valence-electron chi connectivity index (χ3n) is 3.48. The number of hydrogen-bond acceptors (Lipinski definition) is 4. The van der Waals surface area contributed by atoms with E-state index in [9.17, 15) is 14.7 Å². The molecule has 0 fully saturated rings. The number of halogens is 1. The lowest BCUT2D eigenvalue weighted by molar-refractivity contribution is 0.0699. The minimum absolute atomic E-state index is 0.0568. The second-order valence-corrected chi connectivity index (χ2v) is 6.46. The molecular weight excluding hydrogens is 350 g/mol. The summed E-state index contributed by atoms with van der Waals surface area (Å²) in [4.78, 5) is 22.8. The molecular formula is C17H12ClNO4S. The maximum Gasteiger partial charge on any atom is 0.346 e. The van der Waals surface area contributed by atoms with E-state index >= 15 is 0 Å². The number of primary amides is 1. The first-order valence-corrected chi connectivity index (χ1v) is 8.12. The zero-order valence-electron chi connectivity index (χ0n) is 12.3. The number of carbonyl (C=O) groups is 2. The van der Waals surface area contributed by atoms with Gasteiger partial charge in [-0.2, -0.15) is 0 Å². The van der Waals surface area contributed by atoms with Crippen molar-refractivity contribution in [2.45, 2.75) is 6.61 Å². The molecule has 0 bridgehead atoms. The van der Waals surface area contributed by atoms with Crippen LogP contribution in [0.3, 0.4) is 0 Å². The topological polar surface area (TPSA) is 89.6 Å². The molecule has 0 unspecified atom stereocenters. The van der Waals surface area contributed by atoms with E-state index in [-0.39, 0.29) is 11.5 Å². The molecule has 122 valence electrons. The van der Waals surface area contributed by atoms with Crippen molar-refractivity contribution in [3.8, 4) is 5.75 Å². The number of hydrogen-bond donors (Lipinski definition) is 2. The summed E-state index contributed by atoms with van der Waals surface area (Å²) in [5, 5.41) is 10.6. The largest absolute Gasteiger partial charge is 0.489 e. The summed E-state index contributed by atoms with van der Waals surface area (Å²) < 4.78 is 6.47. The van der Waals surface area contributed by atoms with E-state index in [0.717, 1.165) is 16.0 Å². The average molecular weight is 362 g/mol. The van der Waals surface area contributed by atoms with Crippen molar-refractivity contribution in [2.75, 3.05) is 0 Å². The molecule has 3 N–H and O–H groups in total. The molecule has 5 nitrogen and oxygen atoms in total. The van der Waals surface area contributed by atoms with E-state index in [4.69, 9.17) is 22.1 Å². The van der Waals surface area contributed by atoms with Crippen molar-refractivity contribution in [3.05, 3.63) is 63.5 Å². The molecule has 1 heterocycles. The summed E-state index contributed by atoms with van der Waals surface area (Å²) in [6.45, 7) is 0.0568. The molecule has 1 amide bonds. The second-order valence-electron chi connectivity index (χ2n) is 5.01. The van der Waals surface area contributed by atoms with Crippen LogP contribution >= 0.6 is 22.9 Å². The highest BCUT2D eigenvalue weighted by atomic mass is 35.5. The Labute approximate surface area is 146 Å². The SMILES string of the molecule is NC(=O)c1ccc(OCc2c(C(=O)O)sc3cccc(Cl)c23)cc1. The summed E-state index contributed by atoms with van der Waals surface area (Å²) in [6.07, 6.45) is 0. The number of aromatic carboxylic acids is 1. The minimum Gasteiger partial charge on any atom is -0.489 e. The summed E-state index contributed by atoms with van der Waals surface area (Å²) in [6, 6.07) is 11.6. The van der Waals surface area contributed by atoms with Crippen LogP contribution < -0.4 is 10.5 Å². The van der Waals surface area contributed by atoms with Gasteiger partial charge in [-0.05, 0) is 36.4 Å².